The molecule has 0 unspecified atom stereocenters. The van der Waals surface area contributed by atoms with Crippen LogP contribution in [0.15, 0.2) is 18.2 Å². The monoisotopic (exact) mass is 223 g/mol. The summed E-state index contributed by atoms with van der Waals surface area (Å²) in [7, 11) is 0. The van der Waals surface area contributed by atoms with Crippen molar-refractivity contribution in [1.29, 1.82) is 5.41 Å². The molecular weight excluding hydrogens is 210 g/mol. The molecule has 0 aromatic heterocycles. The zero-order valence-corrected chi connectivity index (χ0v) is 8.90. The predicted octanol–water partition coefficient (Wildman–Crippen LogP) is 1.61. The van der Waals surface area contributed by atoms with Gasteiger partial charge < -0.3 is 10.5 Å². The molecule has 0 aliphatic rings. The maximum absolute atomic E-state index is 10.7. The molecule has 0 saturated carbocycles. The summed E-state index contributed by atoms with van der Waals surface area (Å²) >= 11 is 0. The Bertz CT molecular complexity index is 418. The highest BCUT2D eigenvalue weighted by atomic mass is 16.6. The Balaban J connectivity index is 2.77. The number of hydrogen-bond donors (Lipinski definition) is 2. The molecule has 0 fully saturated rings. The first-order chi connectivity index (χ1) is 7.52. The van der Waals surface area contributed by atoms with Crippen molar-refractivity contribution >= 4 is 11.5 Å². The summed E-state index contributed by atoms with van der Waals surface area (Å²) in [4.78, 5) is 10.2. The molecule has 1 rings (SSSR count). The second kappa shape index (κ2) is 5.11. The van der Waals surface area contributed by atoms with Gasteiger partial charge in [-0.25, -0.2) is 0 Å². The van der Waals surface area contributed by atoms with Crippen LogP contribution in [0.25, 0.3) is 0 Å². The highest BCUT2D eigenvalue weighted by molar-refractivity contribution is 5.76. The molecule has 0 spiro atoms. The zero-order chi connectivity index (χ0) is 12.1. The highest BCUT2D eigenvalue weighted by Crippen LogP contribution is 2.26. The molecule has 0 aliphatic carbocycles. The molecule has 1 aromatic rings. The van der Waals surface area contributed by atoms with E-state index >= 15 is 0 Å². The third-order valence-corrected chi connectivity index (χ3v) is 2.08. The number of nitro groups is 1. The third-order valence-electron chi connectivity index (χ3n) is 2.08. The van der Waals surface area contributed by atoms with Crippen LogP contribution >= 0.6 is 0 Å². The first-order valence-corrected chi connectivity index (χ1v) is 4.72. The average molecular weight is 223 g/mol. The summed E-state index contributed by atoms with van der Waals surface area (Å²) < 4.78 is 5.31. The van der Waals surface area contributed by atoms with Gasteiger partial charge in [-0.05, 0) is 13.0 Å². The second-order valence-corrected chi connectivity index (χ2v) is 3.28. The molecule has 0 heterocycles. The number of nitrogens with one attached hydrogen (secondary N) is 1. The van der Waals surface area contributed by atoms with Crippen LogP contribution in [0.1, 0.15) is 12.0 Å². The summed E-state index contributed by atoms with van der Waals surface area (Å²) in [6.45, 7) is 1.87. The van der Waals surface area contributed by atoms with E-state index in [-0.39, 0.29) is 18.1 Å². The van der Waals surface area contributed by atoms with Gasteiger partial charge in [-0.15, -0.1) is 0 Å². The number of ether oxygens (including phenoxy) is 1. The first-order valence-electron chi connectivity index (χ1n) is 4.72. The van der Waals surface area contributed by atoms with Crippen LogP contribution in [0.5, 0.6) is 5.75 Å². The van der Waals surface area contributed by atoms with E-state index in [4.69, 9.17) is 15.9 Å². The molecule has 1 aromatic carbocycles. The van der Waals surface area contributed by atoms with Crippen molar-refractivity contribution in [2.24, 2.45) is 5.73 Å². The highest BCUT2D eigenvalue weighted by Gasteiger charge is 2.13. The lowest BCUT2D eigenvalue weighted by Crippen LogP contribution is -2.14. The second-order valence-electron chi connectivity index (χ2n) is 3.28. The minimum absolute atomic E-state index is 0.0281. The van der Waals surface area contributed by atoms with Gasteiger partial charge in [0.1, 0.15) is 5.75 Å². The van der Waals surface area contributed by atoms with Crippen molar-refractivity contribution in [1.82, 2.24) is 0 Å². The lowest BCUT2D eigenvalue weighted by atomic mass is 10.2. The van der Waals surface area contributed by atoms with Crippen molar-refractivity contribution in [3.63, 3.8) is 0 Å². The zero-order valence-electron chi connectivity index (χ0n) is 8.90. The Morgan fingerprint density at radius 2 is 2.31 bits per heavy atom. The normalized spacial score (nSPS) is 9.81. The Morgan fingerprint density at radius 1 is 1.62 bits per heavy atom. The van der Waals surface area contributed by atoms with E-state index in [1.54, 1.807) is 19.1 Å². The minimum atomic E-state index is -0.451. The van der Waals surface area contributed by atoms with Crippen LogP contribution in [0.4, 0.5) is 5.69 Å². The number of nitrogens with zero attached hydrogens (tertiary/aromatic N) is 1. The molecule has 6 nitrogen and oxygen atoms in total. The van der Waals surface area contributed by atoms with E-state index in [0.717, 1.165) is 0 Å². The van der Waals surface area contributed by atoms with Gasteiger partial charge in [0.15, 0.2) is 0 Å². The van der Waals surface area contributed by atoms with E-state index in [1.807, 2.05) is 0 Å². The molecule has 0 amide bonds. The van der Waals surface area contributed by atoms with Crippen LogP contribution in [-0.4, -0.2) is 17.4 Å². The summed E-state index contributed by atoms with van der Waals surface area (Å²) in [5, 5.41) is 17.7. The fourth-order valence-corrected chi connectivity index (χ4v) is 1.23. The molecular formula is C10H13N3O3. The lowest BCUT2D eigenvalue weighted by Gasteiger charge is -2.08. The summed E-state index contributed by atoms with van der Waals surface area (Å²) in [6.07, 6.45) is 0.308. The van der Waals surface area contributed by atoms with Crippen molar-refractivity contribution in [2.75, 3.05) is 6.61 Å². The molecule has 0 radical (unpaired) electrons. The Kier molecular flexibility index (Phi) is 3.82. The molecule has 6 heteroatoms. The van der Waals surface area contributed by atoms with Crippen molar-refractivity contribution in [3.8, 4) is 5.75 Å². The molecule has 0 atom stereocenters. The van der Waals surface area contributed by atoms with E-state index in [9.17, 15) is 10.1 Å². The van der Waals surface area contributed by atoms with E-state index in [2.05, 4.69) is 0 Å². The minimum Gasteiger partial charge on any atom is -0.493 e. The quantitative estimate of drug-likeness (QED) is 0.342. The predicted molar refractivity (Wildman–Crippen MR) is 59.9 cm³/mol. The van der Waals surface area contributed by atoms with Gasteiger partial charge >= 0.3 is 0 Å². The Morgan fingerprint density at radius 3 is 2.88 bits per heavy atom. The van der Waals surface area contributed by atoms with Gasteiger partial charge in [-0.1, -0.05) is 6.07 Å². The fraction of sp³-hybridized carbons (Fsp3) is 0.300. The molecule has 0 saturated heterocycles. The number of benzene rings is 1. The Hall–Kier alpha value is -2.11. The number of nitro benzene ring substituents is 1. The first kappa shape index (κ1) is 12.0. The van der Waals surface area contributed by atoms with Gasteiger partial charge in [0, 0.05) is 12.5 Å². The van der Waals surface area contributed by atoms with Gasteiger partial charge in [0.2, 0.25) is 0 Å². The summed E-state index contributed by atoms with van der Waals surface area (Å²) in [5.74, 6) is 0.485. The van der Waals surface area contributed by atoms with Crippen molar-refractivity contribution < 1.29 is 9.66 Å². The third kappa shape index (κ3) is 2.94. The van der Waals surface area contributed by atoms with Gasteiger partial charge in [0.05, 0.1) is 22.9 Å². The standard InChI is InChI=1S/C10H13N3O3/c1-7-8(13(14)15)3-2-4-9(7)16-6-5-10(11)12/h2-4H,5-6H2,1H3,(H3,11,12). The number of amidine groups is 1. The van der Waals surface area contributed by atoms with Crippen molar-refractivity contribution in [3.05, 3.63) is 33.9 Å². The number of rotatable bonds is 5. The fourth-order valence-electron chi connectivity index (χ4n) is 1.23. The largest absolute Gasteiger partial charge is 0.493 e. The van der Waals surface area contributed by atoms with Crippen LogP contribution in [0.2, 0.25) is 0 Å². The molecule has 86 valence electrons. The SMILES string of the molecule is Cc1c(OCCC(=N)N)cccc1[N+](=O)[O-]. The van der Waals surface area contributed by atoms with Gasteiger partial charge in [-0.3, -0.25) is 15.5 Å². The van der Waals surface area contributed by atoms with Crippen molar-refractivity contribution in [2.45, 2.75) is 13.3 Å². The topological polar surface area (TPSA) is 102 Å². The molecule has 0 bridgehead atoms. The number of nitrogens with two attached hydrogens (primary N) is 1. The Labute approximate surface area is 92.7 Å². The lowest BCUT2D eigenvalue weighted by molar-refractivity contribution is -0.385. The molecule has 3 N–H and O–H groups in total. The number of hydrogen-bond acceptors (Lipinski definition) is 4. The van der Waals surface area contributed by atoms with Crippen LogP contribution < -0.4 is 10.5 Å². The van der Waals surface area contributed by atoms with E-state index in [1.165, 1.54) is 6.07 Å². The van der Waals surface area contributed by atoms with Gasteiger partial charge in [-0.2, -0.15) is 0 Å². The van der Waals surface area contributed by atoms with Gasteiger partial charge in [0.25, 0.3) is 5.69 Å². The van der Waals surface area contributed by atoms with E-state index in [0.29, 0.717) is 17.7 Å². The van der Waals surface area contributed by atoms with Crippen LogP contribution in [0.3, 0.4) is 0 Å². The average Bonchev–Trinajstić information content (AvgIpc) is 2.19. The molecule has 0 aliphatic heterocycles. The smallest absolute Gasteiger partial charge is 0.276 e. The van der Waals surface area contributed by atoms with E-state index < -0.39 is 4.92 Å². The summed E-state index contributed by atoms with van der Waals surface area (Å²) in [6, 6.07) is 4.64. The summed E-state index contributed by atoms with van der Waals surface area (Å²) in [5.41, 5.74) is 5.68. The molecule has 16 heavy (non-hydrogen) atoms. The maximum atomic E-state index is 10.7. The van der Waals surface area contributed by atoms with Crippen LogP contribution in [0, 0.1) is 22.4 Å². The maximum Gasteiger partial charge on any atom is 0.276 e. The van der Waals surface area contributed by atoms with Crippen LogP contribution in [-0.2, 0) is 0 Å².